The topological polar surface area (TPSA) is 62.3 Å². The quantitative estimate of drug-likeness (QED) is 0.363. The fraction of sp³-hybridized carbons (Fsp3) is 0.400. The number of benzene rings is 2. The third kappa shape index (κ3) is 5.09. The van der Waals surface area contributed by atoms with E-state index in [1.54, 1.807) is 7.11 Å². The second-order valence-electron chi connectivity index (χ2n) is 9.55. The summed E-state index contributed by atoms with van der Waals surface area (Å²) < 4.78 is 13.8. The molecule has 1 heterocycles. The molecular weight excluding hydrogens is 402 g/mol. The van der Waals surface area contributed by atoms with Crippen LogP contribution in [0.15, 0.2) is 54.6 Å². The summed E-state index contributed by atoms with van der Waals surface area (Å²) in [5.74, 6) is 2.07. The molecule has 3 aromatic rings. The first-order valence-electron chi connectivity index (χ1n) is 11.0. The standard InChI is InChI=1S/C25H33N3O2Si/c1-29-20-12-10-18(11-13-20)24-23(21-16-22(21)26)27-25(19-8-6-5-7-9-19)28(24)17-30-14-15-31(2,3)4/h5-13,21-22H,14-17,26H2,1-4H3/t21-,22-/m0/s1. The molecule has 1 aliphatic carbocycles. The Morgan fingerprint density at radius 1 is 1.03 bits per heavy atom. The summed E-state index contributed by atoms with van der Waals surface area (Å²) in [4.78, 5) is 5.12. The van der Waals surface area contributed by atoms with Crippen LogP contribution in [0.25, 0.3) is 22.6 Å². The van der Waals surface area contributed by atoms with Gasteiger partial charge < -0.3 is 15.2 Å². The van der Waals surface area contributed by atoms with Crippen LogP contribution < -0.4 is 10.5 Å². The highest BCUT2D eigenvalue weighted by Crippen LogP contribution is 2.45. The van der Waals surface area contributed by atoms with E-state index in [4.69, 9.17) is 20.2 Å². The molecule has 1 saturated carbocycles. The average molecular weight is 436 g/mol. The Labute approximate surface area is 186 Å². The van der Waals surface area contributed by atoms with E-state index in [0.717, 1.165) is 53.2 Å². The molecule has 31 heavy (non-hydrogen) atoms. The van der Waals surface area contributed by atoms with E-state index in [0.29, 0.717) is 12.6 Å². The minimum atomic E-state index is -1.15. The zero-order valence-corrected chi connectivity index (χ0v) is 20.0. The number of nitrogens with zero attached hydrogens (tertiary/aromatic N) is 2. The molecule has 2 N–H and O–H groups in total. The molecule has 0 bridgehead atoms. The van der Waals surface area contributed by atoms with Crippen molar-refractivity contribution >= 4 is 8.07 Å². The van der Waals surface area contributed by atoms with Crippen molar-refractivity contribution in [2.24, 2.45) is 5.73 Å². The van der Waals surface area contributed by atoms with Gasteiger partial charge >= 0.3 is 0 Å². The zero-order chi connectivity index (χ0) is 22.0. The summed E-state index contributed by atoms with van der Waals surface area (Å²) in [6.45, 7) is 8.36. The Morgan fingerprint density at radius 3 is 2.29 bits per heavy atom. The highest BCUT2D eigenvalue weighted by molar-refractivity contribution is 6.76. The van der Waals surface area contributed by atoms with Gasteiger partial charge in [0.15, 0.2) is 0 Å². The molecule has 1 fully saturated rings. The lowest BCUT2D eigenvalue weighted by molar-refractivity contribution is 0.0893. The van der Waals surface area contributed by atoms with Crippen LogP contribution in [0.4, 0.5) is 0 Å². The third-order valence-electron chi connectivity index (χ3n) is 5.80. The average Bonchev–Trinajstić information content (AvgIpc) is 3.37. The monoisotopic (exact) mass is 435 g/mol. The minimum absolute atomic E-state index is 0.178. The number of ether oxygens (including phenoxy) is 2. The number of imidazole rings is 1. The van der Waals surface area contributed by atoms with Crippen molar-refractivity contribution in [1.29, 1.82) is 0 Å². The highest BCUT2D eigenvalue weighted by atomic mass is 28.3. The van der Waals surface area contributed by atoms with E-state index in [2.05, 4.69) is 60.6 Å². The van der Waals surface area contributed by atoms with Gasteiger partial charge in [-0.15, -0.1) is 0 Å². The Morgan fingerprint density at radius 2 is 1.71 bits per heavy atom. The van der Waals surface area contributed by atoms with E-state index >= 15 is 0 Å². The van der Waals surface area contributed by atoms with E-state index in [1.165, 1.54) is 0 Å². The van der Waals surface area contributed by atoms with Crippen LogP contribution in [0.5, 0.6) is 5.75 Å². The molecule has 5 nitrogen and oxygen atoms in total. The minimum Gasteiger partial charge on any atom is -0.497 e. The maximum absolute atomic E-state index is 6.26. The lowest BCUT2D eigenvalue weighted by Crippen LogP contribution is -2.22. The van der Waals surface area contributed by atoms with E-state index in [9.17, 15) is 0 Å². The molecule has 1 aromatic heterocycles. The number of hydrogen-bond acceptors (Lipinski definition) is 4. The normalized spacial score (nSPS) is 18.2. The first-order chi connectivity index (χ1) is 14.9. The number of methoxy groups -OCH3 is 1. The molecule has 0 aliphatic heterocycles. The second-order valence-corrected chi connectivity index (χ2v) is 15.2. The molecule has 2 atom stereocenters. The van der Waals surface area contributed by atoms with Gasteiger partial charge in [-0.05, 0) is 36.7 Å². The Kier molecular flexibility index (Phi) is 6.32. The number of hydrogen-bond donors (Lipinski definition) is 1. The smallest absolute Gasteiger partial charge is 0.142 e. The Bertz CT molecular complexity index is 1010. The van der Waals surface area contributed by atoms with Crippen LogP contribution in [-0.4, -0.2) is 37.4 Å². The summed E-state index contributed by atoms with van der Waals surface area (Å²) in [7, 11) is 0.535. The Hall–Kier alpha value is -2.41. The van der Waals surface area contributed by atoms with E-state index in [-0.39, 0.29) is 6.04 Å². The maximum atomic E-state index is 6.26. The van der Waals surface area contributed by atoms with Crippen LogP contribution in [0, 0.1) is 0 Å². The molecule has 0 amide bonds. The summed E-state index contributed by atoms with van der Waals surface area (Å²) in [6.07, 6.45) is 0.977. The van der Waals surface area contributed by atoms with Gasteiger partial charge in [0.05, 0.1) is 18.5 Å². The SMILES string of the molecule is COc1ccc(-c2c([C@H]3C[C@@H]3N)nc(-c3ccccc3)n2COCC[Si](C)(C)C)cc1. The summed E-state index contributed by atoms with van der Waals surface area (Å²) >= 11 is 0. The zero-order valence-electron chi connectivity index (χ0n) is 19.0. The van der Waals surface area contributed by atoms with E-state index in [1.807, 2.05) is 18.2 Å². The lowest BCUT2D eigenvalue weighted by atomic mass is 10.1. The van der Waals surface area contributed by atoms with Crippen LogP contribution >= 0.6 is 0 Å². The van der Waals surface area contributed by atoms with Crippen molar-refractivity contribution in [3.05, 3.63) is 60.3 Å². The first-order valence-corrected chi connectivity index (χ1v) is 14.7. The number of aromatic nitrogens is 2. The number of rotatable bonds is 9. The van der Waals surface area contributed by atoms with Crippen molar-refractivity contribution in [3.8, 4) is 28.4 Å². The Balaban J connectivity index is 1.76. The first kappa shape index (κ1) is 21.8. The molecule has 2 aromatic carbocycles. The number of nitrogens with two attached hydrogens (primary N) is 1. The summed E-state index contributed by atoms with van der Waals surface area (Å²) in [5.41, 5.74) is 10.6. The van der Waals surface area contributed by atoms with E-state index < -0.39 is 8.07 Å². The predicted octanol–water partition coefficient (Wildman–Crippen LogP) is 5.35. The molecule has 1 aliphatic rings. The summed E-state index contributed by atoms with van der Waals surface area (Å²) in [6, 6.07) is 19.9. The van der Waals surface area contributed by atoms with Crippen molar-refractivity contribution in [2.75, 3.05) is 13.7 Å². The van der Waals surface area contributed by atoms with Crippen molar-refractivity contribution in [2.45, 2.75) is 50.8 Å². The molecular formula is C25H33N3O2Si. The van der Waals surface area contributed by atoms with Crippen LogP contribution in [0.1, 0.15) is 18.0 Å². The van der Waals surface area contributed by atoms with Crippen molar-refractivity contribution in [1.82, 2.24) is 9.55 Å². The van der Waals surface area contributed by atoms with Gasteiger partial charge in [-0.2, -0.15) is 0 Å². The van der Waals surface area contributed by atoms with Gasteiger partial charge in [-0.3, -0.25) is 4.57 Å². The van der Waals surface area contributed by atoms with Gasteiger partial charge in [0.25, 0.3) is 0 Å². The van der Waals surface area contributed by atoms with Gasteiger partial charge in [-0.25, -0.2) is 4.98 Å². The molecule has 164 valence electrons. The van der Waals surface area contributed by atoms with Gasteiger partial charge in [0, 0.05) is 37.8 Å². The fourth-order valence-corrected chi connectivity index (χ4v) is 4.54. The van der Waals surface area contributed by atoms with Crippen molar-refractivity contribution < 1.29 is 9.47 Å². The van der Waals surface area contributed by atoms with Crippen molar-refractivity contribution in [3.63, 3.8) is 0 Å². The summed E-state index contributed by atoms with van der Waals surface area (Å²) in [5, 5.41) is 0. The van der Waals surface area contributed by atoms with Crippen LogP contribution in [0.3, 0.4) is 0 Å². The largest absolute Gasteiger partial charge is 0.497 e. The molecule has 6 heteroatoms. The van der Waals surface area contributed by atoms with Gasteiger partial charge in [0.2, 0.25) is 0 Å². The molecule has 0 spiro atoms. The lowest BCUT2D eigenvalue weighted by Gasteiger charge is -2.17. The third-order valence-corrected chi connectivity index (χ3v) is 7.50. The van der Waals surface area contributed by atoms with Crippen LogP contribution in [0.2, 0.25) is 25.7 Å². The van der Waals surface area contributed by atoms with Crippen LogP contribution in [-0.2, 0) is 11.5 Å². The molecule has 4 rings (SSSR count). The molecule has 0 saturated heterocycles. The molecule has 0 radical (unpaired) electrons. The van der Waals surface area contributed by atoms with Gasteiger partial charge in [0.1, 0.15) is 18.3 Å². The molecule has 0 unspecified atom stereocenters. The predicted molar refractivity (Wildman–Crippen MR) is 129 cm³/mol. The van der Waals surface area contributed by atoms with Gasteiger partial charge in [-0.1, -0.05) is 50.0 Å². The fourth-order valence-electron chi connectivity index (χ4n) is 3.78. The highest BCUT2D eigenvalue weighted by Gasteiger charge is 2.40. The maximum Gasteiger partial charge on any atom is 0.142 e. The second kappa shape index (κ2) is 8.98.